The van der Waals surface area contributed by atoms with Crippen LogP contribution < -0.4 is 16.4 Å². The molecule has 0 bridgehead atoms. The highest BCUT2D eigenvalue weighted by atomic mass is 16.5. The zero-order chi connectivity index (χ0) is 27.6. The van der Waals surface area contributed by atoms with E-state index in [0.717, 1.165) is 34.0 Å². The predicted octanol–water partition coefficient (Wildman–Crippen LogP) is 3.96. The third-order valence-corrected chi connectivity index (χ3v) is 6.72. The highest BCUT2D eigenvalue weighted by Crippen LogP contribution is 2.21. The molecule has 0 saturated carbocycles. The van der Waals surface area contributed by atoms with Crippen molar-refractivity contribution in [2.75, 3.05) is 13.7 Å². The summed E-state index contributed by atoms with van der Waals surface area (Å²) in [5, 5.41) is 6.65. The topological polar surface area (TPSA) is 126 Å². The Labute approximate surface area is 227 Å². The SMILES string of the molecule is COC(=O)C(CCCCN)NC(=O)C(Cc1c[nH]c2ccccc12)NC(=O)c1ccc(-c2ccccc2)cc1. The van der Waals surface area contributed by atoms with Gasteiger partial charge >= 0.3 is 5.97 Å². The van der Waals surface area contributed by atoms with Gasteiger partial charge in [0.15, 0.2) is 0 Å². The number of ether oxygens (including phenoxy) is 1. The average molecular weight is 527 g/mol. The molecule has 39 heavy (non-hydrogen) atoms. The Morgan fingerprint density at radius 1 is 0.846 bits per heavy atom. The van der Waals surface area contributed by atoms with Crippen molar-refractivity contribution in [3.8, 4) is 11.1 Å². The number of nitrogens with two attached hydrogens (primary N) is 1. The first-order valence-corrected chi connectivity index (χ1v) is 13.1. The van der Waals surface area contributed by atoms with Crippen LogP contribution in [0.4, 0.5) is 0 Å². The fourth-order valence-corrected chi connectivity index (χ4v) is 4.57. The molecule has 0 saturated heterocycles. The molecule has 0 aliphatic rings. The Balaban J connectivity index is 1.55. The van der Waals surface area contributed by atoms with Gasteiger partial charge in [0.05, 0.1) is 7.11 Å². The number of hydrogen-bond acceptors (Lipinski definition) is 5. The van der Waals surface area contributed by atoms with Crippen LogP contribution in [0.25, 0.3) is 22.0 Å². The summed E-state index contributed by atoms with van der Waals surface area (Å²) in [6, 6.07) is 23.1. The molecule has 0 fully saturated rings. The lowest BCUT2D eigenvalue weighted by atomic mass is 10.0. The molecule has 2 unspecified atom stereocenters. The molecule has 4 aromatic rings. The number of amides is 2. The Morgan fingerprint density at radius 3 is 2.26 bits per heavy atom. The van der Waals surface area contributed by atoms with E-state index in [-0.39, 0.29) is 12.3 Å². The van der Waals surface area contributed by atoms with Crippen molar-refractivity contribution < 1.29 is 19.1 Å². The van der Waals surface area contributed by atoms with Crippen LogP contribution in [0.1, 0.15) is 35.2 Å². The van der Waals surface area contributed by atoms with E-state index in [9.17, 15) is 14.4 Å². The molecular formula is C31H34N4O4. The van der Waals surface area contributed by atoms with Crippen LogP contribution >= 0.6 is 0 Å². The normalized spacial score (nSPS) is 12.5. The lowest BCUT2D eigenvalue weighted by Gasteiger charge is -2.22. The second-order valence-electron chi connectivity index (χ2n) is 9.40. The number of hydrogen-bond donors (Lipinski definition) is 4. The molecule has 202 valence electrons. The molecule has 0 aliphatic carbocycles. The summed E-state index contributed by atoms with van der Waals surface area (Å²) in [7, 11) is 1.29. The maximum atomic E-state index is 13.5. The third kappa shape index (κ3) is 7.12. The van der Waals surface area contributed by atoms with Gasteiger partial charge in [0.2, 0.25) is 5.91 Å². The van der Waals surface area contributed by atoms with E-state index in [1.165, 1.54) is 7.11 Å². The lowest BCUT2D eigenvalue weighted by Crippen LogP contribution is -2.52. The van der Waals surface area contributed by atoms with Crippen molar-refractivity contribution in [2.24, 2.45) is 5.73 Å². The average Bonchev–Trinajstić information content (AvgIpc) is 3.39. The minimum atomic E-state index is -0.924. The fraction of sp³-hybridized carbons (Fsp3) is 0.258. The molecule has 2 amide bonds. The molecule has 3 aromatic carbocycles. The summed E-state index contributed by atoms with van der Waals surface area (Å²) in [6.07, 6.45) is 3.84. The molecule has 2 atom stereocenters. The van der Waals surface area contributed by atoms with E-state index in [4.69, 9.17) is 10.5 Å². The Kier molecular flexibility index (Phi) is 9.48. The first kappa shape index (κ1) is 27.6. The third-order valence-electron chi connectivity index (χ3n) is 6.72. The van der Waals surface area contributed by atoms with Crippen LogP contribution in [-0.2, 0) is 20.7 Å². The van der Waals surface area contributed by atoms with Gasteiger partial charge in [-0.25, -0.2) is 4.79 Å². The second-order valence-corrected chi connectivity index (χ2v) is 9.40. The molecule has 8 heteroatoms. The predicted molar refractivity (Wildman–Crippen MR) is 152 cm³/mol. The van der Waals surface area contributed by atoms with Crippen LogP contribution in [0.2, 0.25) is 0 Å². The number of benzene rings is 3. The Bertz CT molecular complexity index is 1400. The van der Waals surface area contributed by atoms with E-state index in [0.29, 0.717) is 24.9 Å². The number of unbranched alkanes of at least 4 members (excludes halogenated alkanes) is 1. The number of fused-ring (bicyclic) bond motifs is 1. The smallest absolute Gasteiger partial charge is 0.328 e. The highest BCUT2D eigenvalue weighted by molar-refractivity contribution is 5.99. The van der Waals surface area contributed by atoms with Gasteiger partial charge in [-0.3, -0.25) is 9.59 Å². The fourth-order valence-electron chi connectivity index (χ4n) is 4.57. The number of esters is 1. The summed E-state index contributed by atoms with van der Waals surface area (Å²) in [6.45, 7) is 0.490. The lowest BCUT2D eigenvalue weighted by molar-refractivity contribution is -0.145. The molecule has 5 N–H and O–H groups in total. The summed E-state index contributed by atoms with van der Waals surface area (Å²) >= 11 is 0. The molecule has 1 aromatic heterocycles. The molecule has 0 spiro atoms. The molecule has 1 heterocycles. The van der Waals surface area contributed by atoms with Gasteiger partial charge in [0, 0.05) is 29.1 Å². The minimum Gasteiger partial charge on any atom is -0.467 e. The largest absolute Gasteiger partial charge is 0.467 e. The second kappa shape index (κ2) is 13.4. The quantitative estimate of drug-likeness (QED) is 0.164. The molecular weight excluding hydrogens is 492 g/mol. The van der Waals surface area contributed by atoms with E-state index >= 15 is 0 Å². The van der Waals surface area contributed by atoms with Crippen LogP contribution in [0.3, 0.4) is 0 Å². The molecule has 4 rings (SSSR count). The van der Waals surface area contributed by atoms with Crippen molar-refractivity contribution in [1.82, 2.24) is 15.6 Å². The van der Waals surface area contributed by atoms with E-state index in [2.05, 4.69) is 15.6 Å². The highest BCUT2D eigenvalue weighted by Gasteiger charge is 2.28. The van der Waals surface area contributed by atoms with Gasteiger partial charge in [-0.15, -0.1) is 0 Å². The van der Waals surface area contributed by atoms with Crippen molar-refractivity contribution in [1.29, 1.82) is 0 Å². The Hall–Kier alpha value is -4.43. The number of aromatic nitrogens is 1. The number of rotatable bonds is 12. The van der Waals surface area contributed by atoms with E-state index in [1.807, 2.05) is 72.9 Å². The summed E-state index contributed by atoms with van der Waals surface area (Å²) < 4.78 is 4.91. The number of carbonyl (C=O) groups is 3. The summed E-state index contributed by atoms with van der Waals surface area (Å²) in [5.74, 6) is -1.38. The van der Waals surface area contributed by atoms with Crippen LogP contribution in [0.5, 0.6) is 0 Å². The first-order chi connectivity index (χ1) is 19.0. The maximum absolute atomic E-state index is 13.5. The zero-order valence-electron chi connectivity index (χ0n) is 22.0. The molecule has 8 nitrogen and oxygen atoms in total. The zero-order valence-corrected chi connectivity index (χ0v) is 22.0. The number of methoxy groups -OCH3 is 1. The van der Waals surface area contributed by atoms with Crippen LogP contribution in [-0.4, -0.2) is 48.5 Å². The van der Waals surface area contributed by atoms with Crippen LogP contribution in [0, 0.1) is 0 Å². The Morgan fingerprint density at radius 2 is 1.54 bits per heavy atom. The standard InChI is InChI=1S/C31H34N4O4/c1-39-31(38)27(13-7-8-18-32)34-30(37)28(19-24-20-33-26-12-6-5-11-25(24)26)35-29(36)23-16-14-22(15-17-23)21-9-3-2-4-10-21/h2-6,9-12,14-17,20,27-28,33H,7-8,13,18-19,32H2,1H3,(H,34,37)(H,35,36). The number of H-pyrrole nitrogens is 1. The van der Waals surface area contributed by atoms with E-state index in [1.54, 1.807) is 12.1 Å². The van der Waals surface area contributed by atoms with Crippen molar-refractivity contribution in [3.05, 3.63) is 96.2 Å². The molecule has 0 aliphatic heterocycles. The number of nitrogens with one attached hydrogen (secondary N) is 3. The number of aromatic amines is 1. The van der Waals surface area contributed by atoms with Crippen LogP contribution in [0.15, 0.2) is 85.1 Å². The molecule has 0 radical (unpaired) electrons. The first-order valence-electron chi connectivity index (χ1n) is 13.1. The summed E-state index contributed by atoms with van der Waals surface area (Å²) in [4.78, 5) is 42.4. The van der Waals surface area contributed by atoms with Crippen molar-refractivity contribution in [3.63, 3.8) is 0 Å². The van der Waals surface area contributed by atoms with Crippen molar-refractivity contribution in [2.45, 2.75) is 37.8 Å². The summed E-state index contributed by atoms with van der Waals surface area (Å²) in [5.41, 5.74) is 9.86. The van der Waals surface area contributed by atoms with Gasteiger partial charge in [-0.1, -0.05) is 60.7 Å². The van der Waals surface area contributed by atoms with E-state index < -0.39 is 24.0 Å². The van der Waals surface area contributed by atoms with Gasteiger partial charge in [-0.05, 0) is 60.7 Å². The van der Waals surface area contributed by atoms with Crippen molar-refractivity contribution >= 4 is 28.7 Å². The van der Waals surface area contributed by atoms with Gasteiger partial charge in [-0.2, -0.15) is 0 Å². The van der Waals surface area contributed by atoms with Gasteiger partial charge in [0.25, 0.3) is 5.91 Å². The number of carbonyl (C=O) groups excluding carboxylic acids is 3. The maximum Gasteiger partial charge on any atom is 0.328 e. The van der Waals surface area contributed by atoms with Gasteiger partial charge in [0.1, 0.15) is 12.1 Å². The monoisotopic (exact) mass is 526 g/mol. The van der Waals surface area contributed by atoms with Gasteiger partial charge < -0.3 is 26.1 Å². The minimum absolute atomic E-state index is 0.236. The number of para-hydroxylation sites is 1.